The highest BCUT2D eigenvalue weighted by Crippen LogP contribution is 2.28. The van der Waals surface area contributed by atoms with Crippen molar-refractivity contribution >= 4 is 11.6 Å². The molecule has 0 spiro atoms. The molecule has 1 atom stereocenters. The second-order valence-corrected chi connectivity index (χ2v) is 4.64. The Kier molecular flexibility index (Phi) is 3.79. The highest BCUT2D eigenvalue weighted by atomic mass is 16.3. The summed E-state index contributed by atoms with van der Waals surface area (Å²) in [4.78, 5) is 13.7. The lowest BCUT2D eigenvalue weighted by Gasteiger charge is -2.20. The maximum Gasteiger partial charge on any atom is 0.227 e. The molecule has 92 valence electrons. The van der Waals surface area contributed by atoms with Gasteiger partial charge in [0.1, 0.15) is 0 Å². The van der Waals surface area contributed by atoms with Gasteiger partial charge >= 0.3 is 0 Å². The molecule has 2 rings (SSSR count). The van der Waals surface area contributed by atoms with Gasteiger partial charge in [0, 0.05) is 31.2 Å². The van der Waals surface area contributed by atoms with Crippen LogP contribution >= 0.6 is 0 Å². The molecule has 1 aliphatic rings. The molecule has 1 N–H and O–H groups in total. The first-order chi connectivity index (χ1) is 8.26. The van der Waals surface area contributed by atoms with Gasteiger partial charge in [0.2, 0.25) is 5.91 Å². The molecule has 17 heavy (non-hydrogen) atoms. The molecule has 1 aromatic rings. The molecule has 0 bridgehead atoms. The van der Waals surface area contributed by atoms with E-state index in [0.717, 1.165) is 18.5 Å². The Hall–Kier alpha value is -1.35. The molecule has 1 saturated heterocycles. The molecule has 0 radical (unpaired) electrons. The lowest BCUT2D eigenvalue weighted by molar-refractivity contribution is -0.117. The molecule has 1 aliphatic heterocycles. The molecular weight excluding hydrogens is 214 g/mol. The van der Waals surface area contributed by atoms with Crippen LogP contribution in [0.3, 0.4) is 0 Å². The molecule has 3 heteroatoms. The van der Waals surface area contributed by atoms with Gasteiger partial charge in [-0.15, -0.1) is 0 Å². The predicted molar refractivity (Wildman–Crippen MR) is 68.0 cm³/mol. The minimum Gasteiger partial charge on any atom is -0.396 e. The molecule has 1 amide bonds. The van der Waals surface area contributed by atoms with E-state index in [9.17, 15) is 4.79 Å². The van der Waals surface area contributed by atoms with Gasteiger partial charge < -0.3 is 10.0 Å². The zero-order chi connectivity index (χ0) is 12.3. The number of benzene rings is 1. The van der Waals surface area contributed by atoms with Gasteiger partial charge in [-0.1, -0.05) is 31.5 Å². The first-order valence-electron chi connectivity index (χ1n) is 6.25. The Morgan fingerprint density at radius 1 is 1.41 bits per heavy atom. The van der Waals surface area contributed by atoms with Crippen LogP contribution in [0.4, 0.5) is 5.69 Å². The van der Waals surface area contributed by atoms with E-state index in [1.165, 1.54) is 5.56 Å². The number of amides is 1. The van der Waals surface area contributed by atoms with Crippen LogP contribution in [0.2, 0.25) is 0 Å². The van der Waals surface area contributed by atoms with E-state index in [4.69, 9.17) is 5.11 Å². The lowest BCUT2D eigenvalue weighted by atomic mass is 10.1. The molecular formula is C14H19NO2. The van der Waals surface area contributed by atoms with E-state index in [0.29, 0.717) is 13.0 Å². The minimum atomic E-state index is 0.0946. The standard InChI is InChI=1S/C14H19NO2/c1-2-5-12-6-3-4-7-13(12)15-9-11(10-16)8-14(15)17/h3-4,6-7,11,16H,2,5,8-10H2,1H3. The number of rotatable bonds is 4. The number of nitrogens with zero attached hydrogens (tertiary/aromatic N) is 1. The highest BCUT2D eigenvalue weighted by molar-refractivity contribution is 5.96. The zero-order valence-electron chi connectivity index (χ0n) is 10.2. The van der Waals surface area contributed by atoms with Crippen molar-refractivity contribution in [1.82, 2.24) is 0 Å². The van der Waals surface area contributed by atoms with Crippen LogP contribution in [-0.2, 0) is 11.2 Å². The largest absolute Gasteiger partial charge is 0.396 e. The monoisotopic (exact) mass is 233 g/mol. The van der Waals surface area contributed by atoms with Crippen molar-refractivity contribution < 1.29 is 9.90 Å². The maximum atomic E-state index is 11.9. The predicted octanol–water partition coefficient (Wildman–Crippen LogP) is 1.98. The van der Waals surface area contributed by atoms with Gasteiger partial charge in [-0.05, 0) is 18.1 Å². The number of hydrogen-bond donors (Lipinski definition) is 1. The third-order valence-electron chi connectivity index (χ3n) is 3.27. The number of aryl methyl sites for hydroxylation is 1. The average Bonchev–Trinajstić information content (AvgIpc) is 2.72. The van der Waals surface area contributed by atoms with Crippen molar-refractivity contribution in [3.05, 3.63) is 29.8 Å². The van der Waals surface area contributed by atoms with E-state index in [2.05, 4.69) is 13.0 Å². The molecule has 1 fully saturated rings. The quantitative estimate of drug-likeness (QED) is 0.864. The average molecular weight is 233 g/mol. The summed E-state index contributed by atoms with van der Waals surface area (Å²) in [6.45, 7) is 2.88. The summed E-state index contributed by atoms with van der Waals surface area (Å²) in [7, 11) is 0. The van der Waals surface area contributed by atoms with Gasteiger partial charge in [0.05, 0.1) is 0 Å². The number of aliphatic hydroxyl groups excluding tert-OH is 1. The van der Waals surface area contributed by atoms with Crippen LogP contribution in [0.5, 0.6) is 0 Å². The van der Waals surface area contributed by atoms with E-state index in [-0.39, 0.29) is 18.4 Å². The Balaban J connectivity index is 2.25. The van der Waals surface area contributed by atoms with Crippen molar-refractivity contribution in [2.45, 2.75) is 26.2 Å². The normalized spacial score (nSPS) is 20.0. The van der Waals surface area contributed by atoms with Gasteiger partial charge in [0.15, 0.2) is 0 Å². The van der Waals surface area contributed by atoms with Gasteiger partial charge in [0.25, 0.3) is 0 Å². The lowest BCUT2D eigenvalue weighted by Crippen LogP contribution is -2.26. The Bertz CT molecular complexity index is 403. The molecule has 0 aliphatic carbocycles. The van der Waals surface area contributed by atoms with Crippen molar-refractivity contribution in [3.8, 4) is 0 Å². The SMILES string of the molecule is CCCc1ccccc1N1CC(CO)CC1=O. The Morgan fingerprint density at radius 3 is 2.82 bits per heavy atom. The van der Waals surface area contributed by atoms with Gasteiger partial charge in [-0.2, -0.15) is 0 Å². The number of aliphatic hydroxyl groups is 1. The first kappa shape index (κ1) is 12.1. The van der Waals surface area contributed by atoms with Gasteiger partial charge in [-0.25, -0.2) is 0 Å². The van der Waals surface area contributed by atoms with E-state index < -0.39 is 0 Å². The highest BCUT2D eigenvalue weighted by Gasteiger charge is 2.30. The van der Waals surface area contributed by atoms with Crippen LogP contribution in [-0.4, -0.2) is 24.2 Å². The maximum absolute atomic E-state index is 11.9. The Labute approximate surface area is 102 Å². The molecule has 0 aromatic heterocycles. The fourth-order valence-corrected chi connectivity index (χ4v) is 2.39. The second kappa shape index (κ2) is 5.32. The summed E-state index contributed by atoms with van der Waals surface area (Å²) in [6, 6.07) is 8.06. The van der Waals surface area contributed by atoms with Crippen LogP contribution in [0, 0.1) is 5.92 Å². The van der Waals surface area contributed by atoms with E-state index >= 15 is 0 Å². The Morgan fingerprint density at radius 2 is 2.18 bits per heavy atom. The molecule has 1 heterocycles. The van der Waals surface area contributed by atoms with Crippen molar-refractivity contribution in [3.63, 3.8) is 0 Å². The minimum absolute atomic E-state index is 0.0946. The first-order valence-corrected chi connectivity index (χ1v) is 6.25. The van der Waals surface area contributed by atoms with Crippen molar-refractivity contribution in [2.75, 3.05) is 18.1 Å². The molecule has 0 saturated carbocycles. The second-order valence-electron chi connectivity index (χ2n) is 4.64. The van der Waals surface area contributed by atoms with Crippen LogP contribution < -0.4 is 4.90 Å². The summed E-state index contributed by atoms with van der Waals surface area (Å²) < 4.78 is 0. The molecule has 1 aromatic carbocycles. The fourth-order valence-electron chi connectivity index (χ4n) is 2.39. The van der Waals surface area contributed by atoms with Crippen molar-refractivity contribution in [1.29, 1.82) is 0 Å². The number of carbonyl (C=O) groups is 1. The number of hydrogen-bond acceptors (Lipinski definition) is 2. The number of anilines is 1. The molecule has 3 nitrogen and oxygen atoms in total. The van der Waals surface area contributed by atoms with Crippen LogP contribution in [0.15, 0.2) is 24.3 Å². The zero-order valence-corrected chi connectivity index (χ0v) is 10.2. The smallest absolute Gasteiger partial charge is 0.227 e. The summed E-state index contributed by atoms with van der Waals surface area (Å²) in [5.41, 5.74) is 2.25. The van der Waals surface area contributed by atoms with Crippen LogP contribution in [0.25, 0.3) is 0 Å². The number of para-hydroxylation sites is 1. The summed E-state index contributed by atoms with van der Waals surface area (Å²) >= 11 is 0. The van der Waals surface area contributed by atoms with E-state index in [1.807, 2.05) is 23.1 Å². The molecule has 1 unspecified atom stereocenters. The van der Waals surface area contributed by atoms with Crippen LogP contribution in [0.1, 0.15) is 25.3 Å². The number of carbonyl (C=O) groups excluding carboxylic acids is 1. The fraction of sp³-hybridized carbons (Fsp3) is 0.500. The van der Waals surface area contributed by atoms with Gasteiger partial charge in [-0.3, -0.25) is 4.79 Å². The topological polar surface area (TPSA) is 40.5 Å². The summed E-state index contributed by atoms with van der Waals surface area (Å²) in [5.74, 6) is 0.227. The third kappa shape index (κ3) is 2.50. The van der Waals surface area contributed by atoms with Crippen molar-refractivity contribution in [2.24, 2.45) is 5.92 Å². The summed E-state index contributed by atoms with van der Waals surface area (Å²) in [6.07, 6.45) is 2.53. The summed E-state index contributed by atoms with van der Waals surface area (Å²) in [5, 5.41) is 9.14. The van der Waals surface area contributed by atoms with E-state index in [1.54, 1.807) is 0 Å². The third-order valence-corrected chi connectivity index (χ3v) is 3.27.